The number of carbonyl (C=O) groups is 1. The Balaban J connectivity index is 4.58. The van der Waals surface area contributed by atoms with Crippen molar-refractivity contribution >= 4 is 5.91 Å². The van der Waals surface area contributed by atoms with Gasteiger partial charge in [-0.25, -0.2) is 0 Å². The Morgan fingerprint density at radius 1 is 1.33 bits per heavy atom. The van der Waals surface area contributed by atoms with Gasteiger partial charge in [0.15, 0.2) is 0 Å². The fourth-order valence-corrected chi connectivity index (χ4v) is 1.75. The summed E-state index contributed by atoms with van der Waals surface area (Å²) in [5, 5.41) is 11.7. The molecule has 0 heterocycles. The fraction of sp³-hybridized carbons (Fsp3) is 0.857. The summed E-state index contributed by atoms with van der Waals surface area (Å²) >= 11 is 0. The van der Waals surface area contributed by atoms with E-state index in [2.05, 4.69) is 30.1 Å². The van der Waals surface area contributed by atoms with Crippen LogP contribution in [0.4, 0.5) is 0 Å². The maximum Gasteiger partial charge on any atom is 0.237 e. The molecule has 0 radical (unpaired) electrons. The average molecular weight is 253 g/mol. The van der Waals surface area contributed by atoms with Gasteiger partial charge in [0.2, 0.25) is 5.91 Å². The zero-order valence-corrected chi connectivity index (χ0v) is 12.6. The van der Waals surface area contributed by atoms with Crippen LogP contribution in [0, 0.1) is 17.2 Å². The van der Waals surface area contributed by atoms with Crippen molar-refractivity contribution in [3.8, 4) is 6.07 Å². The molecule has 4 nitrogen and oxygen atoms in total. The van der Waals surface area contributed by atoms with E-state index in [0.29, 0.717) is 18.9 Å². The predicted molar refractivity (Wildman–Crippen MR) is 74.0 cm³/mol. The van der Waals surface area contributed by atoms with Gasteiger partial charge in [-0.2, -0.15) is 5.26 Å². The van der Waals surface area contributed by atoms with E-state index in [1.165, 1.54) is 0 Å². The molecule has 18 heavy (non-hydrogen) atoms. The summed E-state index contributed by atoms with van der Waals surface area (Å²) in [5.74, 6) is 0.509. The first kappa shape index (κ1) is 16.9. The summed E-state index contributed by atoms with van der Waals surface area (Å²) in [5.41, 5.74) is -0.218. The average Bonchev–Trinajstić information content (AvgIpc) is 2.20. The van der Waals surface area contributed by atoms with Crippen molar-refractivity contribution < 1.29 is 4.79 Å². The molecule has 0 saturated carbocycles. The number of nitriles is 1. The van der Waals surface area contributed by atoms with Gasteiger partial charge in [-0.05, 0) is 33.6 Å². The second-order valence-electron chi connectivity index (χ2n) is 6.21. The van der Waals surface area contributed by atoms with Gasteiger partial charge in [-0.1, -0.05) is 13.8 Å². The van der Waals surface area contributed by atoms with Gasteiger partial charge >= 0.3 is 0 Å². The second-order valence-corrected chi connectivity index (χ2v) is 6.21. The molecule has 0 aromatic rings. The van der Waals surface area contributed by atoms with Crippen molar-refractivity contribution in [2.24, 2.45) is 5.92 Å². The lowest BCUT2D eigenvalue weighted by atomic mass is 10.1. The molecule has 1 N–H and O–H groups in total. The summed E-state index contributed by atoms with van der Waals surface area (Å²) < 4.78 is 0. The van der Waals surface area contributed by atoms with E-state index in [1.807, 2.05) is 27.7 Å². The van der Waals surface area contributed by atoms with E-state index in [9.17, 15) is 4.79 Å². The van der Waals surface area contributed by atoms with Crippen molar-refractivity contribution in [2.45, 2.75) is 59.5 Å². The molecule has 0 aliphatic heterocycles. The minimum Gasteiger partial charge on any atom is -0.350 e. The molecule has 1 unspecified atom stereocenters. The molecular formula is C14H27N3O. The van der Waals surface area contributed by atoms with E-state index in [4.69, 9.17) is 5.26 Å². The lowest BCUT2D eigenvalue weighted by Gasteiger charge is -2.31. The monoisotopic (exact) mass is 253 g/mol. The highest BCUT2D eigenvalue weighted by Crippen LogP contribution is 2.08. The summed E-state index contributed by atoms with van der Waals surface area (Å²) in [6, 6.07) is 1.95. The first-order chi connectivity index (χ1) is 8.17. The van der Waals surface area contributed by atoms with E-state index < -0.39 is 0 Å². The molecule has 1 atom stereocenters. The number of amides is 1. The quantitative estimate of drug-likeness (QED) is 0.789. The van der Waals surface area contributed by atoms with E-state index >= 15 is 0 Å². The third-order valence-electron chi connectivity index (χ3n) is 2.54. The second kappa shape index (κ2) is 7.38. The molecule has 0 rings (SSSR count). The van der Waals surface area contributed by atoms with Crippen LogP contribution in [0.15, 0.2) is 0 Å². The number of carbonyl (C=O) groups excluding carboxylic acids is 1. The zero-order chi connectivity index (χ0) is 14.3. The molecule has 1 amide bonds. The number of nitrogens with one attached hydrogen (secondary N) is 1. The van der Waals surface area contributed by atoms with E-state index in [0.717, 1.165) is 6.54 Å². The Morgan fingerprint density at radius 3 is 2.28 bits per heavy atom. The molecule has 0 bridgehead atoms. The minimum absolute atomic E-state index is 0.0288. The van der Waals surface area contributed by atoms with Crippen LogP contribution in [-0.2, 0) is 4.79 Å². The molecule has 0 saturated heterocycles. The van der Waals surface area contributed by atoms with Gasteiger partial charge in [0, 0.05) is 25.0 Å². The number of hydrogen-bond donors (Lipinski definition) is 1. The van der Waals surface area contributed by atoms with Crippen LogP contribution in [0.5, 0.6) is 0 Å². The molecule has 0 aromatic carbocycles. The summed E-state index contributed by atoms with van der Waals surface area (Å²) in [4.78, 5) is 14.2. The lowest BCUT2D eigenvalue weighted by Crippen LogP contribution is -2.51. The maximum absolute atomic E-state index is 12.1. The van der Waals surface area contributed by atoms with Crippen LogP contribution in [0.3, 0.4) is 0 Å². The van der Waals surface area contributed by atoms with Crippen LogP contribution >= 0.6 is 0 Å². The molecule has 0 aliphatic rings. The first-order valence-electron chi connectivity index (χ1n) is 6.60. The van der Waals surface area contributed by atoms with Crippen molar-refractivity contribution in [1.29, 1.82) is 5.26 Å². The van der Waals surface area contributed by atoms with Crippen molar-refractivity contribution in [2.75, 3.05) is 13.1 Å². The lowest BCUT2D eigenvalue weighted by molar-refractivity contribution is -0.127. The van der Waals surface area contributed by atoms with Crippen LogP contribution in [-0.4, -0.2) is 35.5 Å². The van der Waals surface area contributed by atoms with Gasteiger partial charge in [-0.15, -0.1) is 0 Å². The number of nitrogens with zero attached hydrogens (tertiary/aromatic N) is 2. The van der Waals surface area contributed by atoms with Crippen molar-refractivity contribution in [1.82, 2.24) is 10.2 Å². The van der Waals surface area contributed by atoms with E-state index in [1.54, 1.807) is 0 Å². The Hall–Kier alpha value is -1.08. The third-order valence-corrected chi connectivity index (χ3v) is 2.54. The Morgan fingerprint density at radius 2 is 1.89 bits per heavy atom. The van der Waals surface area contributed by atoms with Gasteiger partial charge < -0.3 is 5.32 Å². The van der Waals surface area contributed by atoms with Crippen LogP contribution < -0.4 is 5.32 Å². The van der Waals surface area contributed by atoms with Gasteiger partial charge in [-0.3, -0.25) is 9.69 Å². The van der Waals surface area contributed by atoms with Crippen LogP contribution in [0.1, 0.15) is 48.0 Å². The normalized spacial score (nSPS) is 13.5. The molecular weight excluding hydrogens is 226 g/mol. The standard InChI is InChI=1S/C14H27N3O/c1-11(2)10-17(9-7-8-15)12(3)13(18)16-14(4,5)6/h11-12H,7,9-10H2,1-6H3,(H,16,18). The first-order valence-corrected chi connectivity index (χ1v) is 6.60. The van der Waals surface area contributed by atoms with Crippen LogP contribution in [0.2, 0.25) is 0 Å². The smallest absolute Gasteiger partial charge is 0.237 e. The molecule has 0 spiro atoms. The minimum atomic E-state index is -0.218. The van der Waals surface area contributed by atoms with Crippen molar-refractivity contribution in [3.05, 3.63) is 0 Å². The largest absolute Gasteiger partial charge is 0.350 e. The Labute approximate surface area is 111 Å². The fourth-order valence-electron chi connectivity index (χ4n) is 1.75. The molecule has 0 fully saturated rings. The van der Waals surface area contributed by atoms with Crippen molar-refractivity contribution in [3.63, 3.8) is 0 Å². The molecule has 0 aliphatic carbocycles. The highest BCUT2D eigenvalue weighted by Gasteiger charge is 2.24. The summed E-state index contributed by atoms with van der Waals surface area (Å²) in [7, 11) is 0. The van der Waals surface area contributed by atoms with Crippen LogP contribution in [0.25, 0.3) is 0 Å². The Kier molecular flexibility index (Phi) is 6.93. The summed E-state index contributed by atoms with van der Waals surface area (Å²) in [6.07, 6.45) is 0.458. The third kappa shape index (κ3) is 7.29. The Bertz CT molecular complexity index is 299. The van der Waals surface area contributed by atoms with Gasteiger partial charge in [0.05, 0.1) is 12.1 Å². The SMILES string of the molecule is CC(C)CN(CCC#N)C(C)C(=O)NC(C)(C)C. The molecule has 4 heteroatoms. The highest BCUT2D eigenvalue weighted by atomic mass is 16.2. The topological polar surface area (TPSA) is 56.1 Å². The summed E-state index contributed by atoms with van der Waals surface area (Å²) in [6.45, 7) is 13.5. The number of rotatable bonds is 6. The maximum atomic E-state index is 12.1. The van der Waals surface area contributed by atoms with E-state index in [-0.39, 0.29) is 17.5 Å². The zero-order valence-electron chi connectivity index (χ0n) is 12.6. The highest BCUT2D eigenvalue weighted by molar-refractivity contribution is 5.81. The van der Waals surface area contributed by atoms with Gasteiger partial charge in [0.1, 0.15) is 0 Å². The molecule has 104 valence electrons. The predicted octanol–water partition coefficient (Wildman–Crippen LogP) is 2.16. The molecule has 0 aromatic heterocycles. The van der Waals surface area contributed by atoms with Gasteiger partial charge in [0.25, 0.3) is 0 Å². The number of hydrogen-bond acceptors (Lipinski definition) is 3.